The molecule has 0 unspecified atom stereocenters. The van der Waals surface area contributed by atoms with Crippen LogP contribution in [0.4, 0.5) is 0 Å². The second-order valence-corrected chi connectivity index (χ2v) is 7.20. The largest absolute Gasteiger partial charge is 0.490 e. The zero-order chi connectivity index (χ0) is 22.1. The molecular weight excluding hydrogens is 460 g/mol. The van der Waals surface area contributed by atoms with Crippen molar-refractivity contribution < 1.29 is 19.1 Å². The van der Waals surface area contributed by atoms with Gasteiger partial charge in [-0.1, -0.05) is 28.6 Å². The summed E-state index contributed by atoms with van der Waals surface area (Å²) in [7, 11) is 0. The molecule has 0 aromatic heterocycles. The predicted octanol–water partition coefficient (Wildman–Crippen LogP) is 5.00. The fraction of sp³-hybridized carbons (Fsp3) is 0.0417. The van der Waals surface area contributed by atoms with Gasteiger partial charge in [0.2, 0.25) is 0 Å². The molecule has 0 bridgehead atoms. The Labute approximate surface area is 188 Å². The second-order valence-electron chi connectivity index (χ2n) is 6.29. The molecule has 0 aliphatic rings. The summed E-state index contributed by atoms with van der Waals surface area (Å²) in [5.74, 6) is 0.280. The first kappa shape index (κ1) is 22.0. The van der Waals surface area contributed by atoms with Crippen LogP contribution in [0.25, 0.3) is 0 Å². The fourth-order valence-corrected chi connectivity index (χ4v) is 2.73. The first-order valence-electron chi connectivity index (χ1n) is 9.30. The molecule has 6 nitrogen and oxygen atoms in total. The Morgan fingerprint density at radius 1 is 0.903 bits per heavy atom. The molecule has 0 atom stereocenters. The van der Waals surface area contributed by atoms with Gasteiger partial charge in [-0.15, -0.1) is 0 Å². The van der Waals surface area contributed by atoms with Crippen molar-refractivity contribution in [3.05, 3.63) is 107 Å². The van der Waals surface area contributed by atoms with Gasteiger partial charge in [0.05, 0.1) is 11.8 Å². The Hall–Kier alpha value is -3.71. The van der Waals surface area contributed by atoms with Gasteiger partial charge >= 0.3 is 5.97 Å². The number of nitrogens with one attached hydrogen (secondary N) is 1. The molecule has 0 saturated heterocycles. The highest BCUT2D eigenvalue weighted by Gasteiger charge is 2.08. The number of ether oxygens (including phenoxy) is 2. The first-order valence-corrected chi connectivity index (χ1v) is 10.1. The van der Waals surface area contributed by atoms with Gasteiger partial charge in [0.25, 0.3) is 5.91 Å². The van der Waals surface area contributed by atoms with Gasteiger partial charge in [-0.05, 0) is 78.4 Å². The molecule has 0 fully saturated rings. The van der Waals surface area contributed by atoms with E-state index in [9.17, 15) is 9.59 Å². The normalized spacial score (nSPS) is 10.5. The van der Waals surface area contributed by atoms with E-state index in [4.69, 9.17) is 9.47 Å². The minimum absolute atomic E-state index is 0.341. The van der Waals surface area contributed by atoms with Gasteiger partial charge in [-0.2, -0.15) is 5.10 Å². The number of halogens is 1. The van der Waals surface area contributed by atoms with E-state index in [0.717, 1.165) is 10.0 Å². The lowest BCUT2D eigenvalue weighted by Gasteiger charge is -2.05. The molecule has 7 heteroatoms. The Bertz CT molecular complexity index is 1080. The van der Waals surface area contributed by atoms with Crippen molar-refractivity contribution >= 4 is 34.0 Å². The summed E-state index contributed by atoms with van der Waals surface area (Å²) in [6, 6.07) is 20.4. The Morgan fingerprint density at radius 3 is 2.16 bits per heavy atom. The Kier molecular flexibility index (Phi) is 7.73. The number of carbonyl (C=O) groups is 2. The zero-order valence-corrected chi connectivity index (χ0v) is 18.0. The van der Waals surface area contributed by atoms with Gasteiger partial charge in [-0.3, -0.25) is 4.79 Å². The quantitative estimate of drug-likeness (QED) is 0.162. The number of nitrogens with zero attached hydrogens (tertiary/aromatic N) is 1. The number of carbonyl (C=O) groups excluding carboxylic acids is 2. The Morgan fingerprint density at radius 2 is 1.52 bits per heavy atom. The van der Waals surface area contributed by atoms with Crippen LogP contribution in [0.1, 0.15) is 26.3 Å². The first-order chi connectivity index (χ1) is 15.0. The van der Waals surface area contributed by atoms with Crippen molar-refractivity contribution in [3.8, 4) is 11.5 Å². The summed E-state index contributed by atoms with van der Waals surface area (Å²) in [5, 5.41) is 3.96. The van der Waals surface area contributed by atoms with Gasteiger partial charge in [0, 0.05) is 10.0 Å². The van der Waals surface area contributed by atoms with Crippen LogP contribution in [0.5, 0.6) is 11.5 Å². The number of rotatable bonds is 8. The lowest BCUT2D eigenvalue weighted by Crippen LogP contribution is -2.17. The van der Waals surface area contributed by atoms with Crippen molar-refractivity contribution in [2.45, 2.75) is 0 Å². The van der Waals surface area contributed by atoms with E-state index in [1.807, 2.05) is 0 Å². The van der Waals surface area contributed by atoms with E-state index in [2.05, 4.69) is 33.0 Å². The SMILES string of the molecule is C=CCOc1ccc(C(=O)NN=Cc2ccc(OC(=O)c3ccc(Br)cc3)cc2)cc1. The van der Waals surface area contributed by atoms with Crippen LogP contribution < -0.4 is 14.9 Å². The number of amides is 1. The molecule has 3 aromatic rings. The highest BCUT2D eigenvalue weighted by Crippen LogP contribution is 2.16. The summed E-state index contributed by atoms with van der Waals surface area (Å²) in [5.41, 5.74) is 4.11. The van der Waals surface area contributed by atoms with Crippen LogP contribution in [0, 0.1) is 0 Å². The highest BCUT2D eigenvalue weighted by atomic mass is 79.9. The molecule has 156 valence electrons. The topological polar surface area (TPSA) is 77.0 Å². The number of hydrazone groups is 1. The van der Waals surface area contributed by atoms with E-state index in [1.165, 1.54) is 6.21 Å². The molecule has 0 radical (unpaired) electrons. The molecule has 0 saturated carbocycles. The fourth-order valence-electron chi connectivity index (χ4n) is 2.46. The third-order valence-electron chi connectivity index (χ3n) is 4.03. The molecule has 0 aliphatic heterocycles. The van der Waals surface area contributed by atoms with Crippen LogP contribution >= 0.6 is 15.9 Å². The summed E-state index contributed by atoms with van der Waals surface area (Å²) in [4.78, 5) is 24.3. The number of esters is 1. The number of hydrogen-bond donors (Lipinski definition) is 1. The van der Waals surface area contributed by atoms with Crippen LogP contribution in [0.3, 0.4) is 0 Å². The van der Waals surface area contributed by atoms with Gasteiger partial charge in [0.1, 0.15) is 18.1 Å². The van der Waals surface area contributed by atoms with Gasteiger partial charge in [-0.25, -0.2) is 10.2 Å². The third kappa shape index (κ3) is 6.65. The highest BCUT2D eigenvalue weighted by molar-refractivity contribution is 9.10. The van der Waals surface area contributed by atoms with Crippen molar-refractivity contribution in [2.24, 2.45) is 5.10 Å². The van der Waals surface area contributed by atoms with Crippen LogP contribution in [0.15, 0.2) is 95.0 Å². The smallest absolute Gasteiger partial charge is 0.343 e. The number of benzene rings is 3. The average Bonchev–Trinajstić information content (AvgIpc) is 2.79. The lowest BCUT2D eigenvalue weighted by atomic mass is 10.2. The predicted molar refractivity (Wildman–Crippen MR) is 123 cm³/mol. The zero-order valence-electron chi connectivity index (χ0n) is 16.5. The van der Waals surface area contributed by atoms with Crippen LogP contribution in [0.2, 0.25) is 0 Å². The van der Waals surface area contributed by atoms with Crippen molar-refractivity contribution in [1.29, 1.82) is 0 Å². The molecular formula is C24H19BrN2O4. The maximum atomic E-state index is 12.1. The standard InChI is InChI=1S/C24H19BrN2O4/c1-2-15-30-21-13-7-18(8-14-21)23(28)27-26-16-17-3-11-22(12-4-17)31-24(29)19-5-9-20(25)10-6-19/h2-14,16H,1,15H2,(H,27,28). The maximum Gasteiger partial charge on any atom is 0.343 e. The number of hydrogen-bond acceptors (Lipinski definition) is 5. The van der Waals surface area contributed by atoms with E-state index in [0.29, 0.717) is 29.2 Å². The van der Waals surface area contributed by atoms with E-state index >= 15 is 0 Å². The molecule has 0 aliphatic carbocycles. The van der Waals surface area contributed by atoms with Gasteiger partial charge in [0.15, 0.2) is 0 Å². The summed E-state index contributed by atoms with van der Waals surface area (Å²) in [6.45, 7) is 3.99. The van der Waals surface area contributed by atoms with Crippen molar-refractivity contribution in [1.82, 2.24) is 5.43 Å². The van der Waals surface area contributed by atoms with E-state index in [-0.39, 0.29) is 5.91 Å². The molecule has 0 spiro atoms. The molecule has 3 rings (SSSR count). The minimum atomic E-state index is -0.443. The molecule has 0 heterocycles. The second kappa shape index (κ2) is 10.9. The molecule has 1 N–H and O–H groups in total. The third-order valence-corrected chi connectivity index (χ3v) is 4.56. The van der Waals surface area contributed by atoms with Gasteiger partial charge < -0.3 is 9.47 Å². The maximum absolute atomic E-state index is 12.1. The molecule has 31 heavy (non-hydrogen) atoms. The summed E-state index contributed by atoms with van der Waals surface area (Å²) >= 11 is 3.32. The minimum Gasteiger partial charge on any atom is -0.490 e. The van der Waals surface area contributed by atoms with Crippen molar-refractivity contribution in [3.63, 3.8) is 0 Å². The van der Waals surface area contributed by atoms with E-state index in [1.54, 1.807) is 78.9 Å². The molecule has 1 amide bonds. The van der Waals surface area contributed by atoms with Crippen LogP contribution in [-0.4, -0.2) is 24.7 Å². The lowest BCUT2D eigenvalue weighted by molar-refractivity contribution is 0.0734. The average molecular weight is 479 g/mol. The van der Waals surface area contributed by atoms with Crippen molar-refractivity contribution in [2.75, 3.05) is 6.61 Å². The molecule has 3 aromatic carbocycles. The monoisotopic (exact) mass is 478 g/mol. The van der Waals surface area contributed by atoms with E-state index < -0.39 is 5.97 Å². The summed E-state index contributed by atoms with van der Waals surface area (Å²) < 4.78 is 11.6. The summed E-state index contributed by atoms with van der Waals surface area (Å²) in [6.07, 6.45) is 3.15. The van der Waals surface area contributed by atoms with Crippen LogP contribution in [-0.2, 0) is 0 Å². The Balaban J connectivity index is 1.52.